The predicted octanol–water partition coefficient (Wildman–Crippen LogP) is 5.85. The van der Waals surface area contributed by atoms with Crippen molar-refractivity contribution in [3.8, 4) is 0 Å². The summed E-state index contributed by atoms with van der Waals surface area (Å²) in [6.07, 6.45) is 0.629. The van der Waals surface area contributed by atoms with Gasteiger partial charge >= 0.3 is 0 Å². The summed E-state index contributed by atoms with van der Waals surface area (Å²) < 4.78 is 17.3. The number of hydrogen-bond acceptors (Lipinski definition) is 7. The molecule has 0 saturated heterocycles. The number of carbonyl (C=O) groups excluding carboxylic acids is 1. The van der Waals surface area contributed by atoms with E-state index in [0.717, 1.165) is 15.7 Å². The molecule has 166 valence electrons. The zero-order chi connectivity index (χ0) is 22.5. The number of halogens is 1. The molecule has 1 N–H and O–H groups in total. The van der Waals surface area contributed by atoms with Crippen LogP contribution in [0.15, 0.2) is 58.0 Å². The van der Waals surface area contributed by atoms with Gasteiger partial charge in [-0.2, -0.15) is 0 Å². The van der Waals surface area contributed by atoms with Crippen molar-refractivity contribution < 1.29 is 9.18 Å². The van der Waals surface area contributed by atoms with Gasteiger partial charge in [0.1, 0.15) is 11.6 Å². The van der Waals surface area contributed by atoms with Gasteiger partial charge in [-0.3, -0.25) is 4.79 Å². The van der Waals surface area contributed by atoms with E-state index in [0.29, 0.717) is 29.6 Å². The second-order valence-electron chi connectivity index (χ2n) is 6.89. The Kier molecular flexibility index (Phi) is 7.44. The van der Waals surface area contributed by atoms with Crippen LogP contribution in [0, 0.1) is 5.82 Å². The molecule has 6 nitrogen and oxygen atoms in total. The van der Waals surface area contributed by atoms with Crippen LogP contribution < -0.4 is 5.32 Å². The minimum absolute atomic E-state index is 0.139. The van der Waals surface area contributed by atoms with Gasteiger partial charge in [-0.15, -0.1) is 21.5 Å². The quantitative estimate of drug-likeness (QED) is 0.299. The molecule has 4 aromatic rings. The van der Waals surface area contributed by atoms with Gasteiger partial charge in [-0.25, -0.2) is 9.37 Å². The summed E-state index contributed by atoms with van der Waals surface area (Å²) in [6.45, 7) is 4.71. The third-order valence-electron chi connectivity index (χ3n) is 4.73. The van der Waals surface area contributed by atoms with Gasteiger partial charge in [-0.1, -0.05) is 42.6 Å². The number of aromatic nitrogens is 4. The van der Waals surface area contributed by atoms with E-state index in [4.69, 9.17) is 0 Å². The van der Waals surface area contributed by atoms with Crippen LogP contribution in [-0.4, -0.2) is 30.9 Å². The summed E-state index contributed by atoms with van der Waals surface area (Å²) in [6, 6.07) is 13.8. The van der Waals surface area contributed by atoms with E-state index in [9.17, 15) is 9.18 Å². The third kappa shape index (κ3) is 5.31. The van der Waals surface area contributed by atoms with Crippen LogP contribution in [0.4, 0.5) is 10.1 Å². The Morgan fingerprint density at radius 2 is 1.94 bits per heavy atom. The van der Waals surface area contributed by atoms with E-state index in [-0.39, 0.29) is 17.0 Å². The van der Waals surface area contributed by atoms with E-state index in [1.165, 1.54) is 28.6 Å². The molecule has 2 heterocycles. The molecule has 10 heteroatoms. The smallest absolute Gasteiger partial charge is 0.237 e. The molecule has 2 aromatic heterocycles. The molecule has 0 aliphatic carbocycles. The molecule has 4 rings (SSSR count). The highest BCUT2D eigenvalue weighted by molar-refractivity contribution is 8.00. The Labute approximate surface area is 198 Å². The fourth-order valence-corrected chi connectivity index (χ4v) is 6.12. The highest BCUT2D eigenvalue weighted by Crippen LogP contribution is 2.32. The fourth-order valence-electron chi connectivity index (χ4n) is 3.08. The number of benzene rings is 2. The predicted molar refractivity (Wildman–Crippen MR) is 130 cm³/mol. The highest BCUT2D eigenvalue weighted by Gasteiger charge is 2.22. The molecule has 1 unspecified atom stereocenters. The minimum atomic E-state index is -0.336. The van der Waals surface area contributed by atoms with Gasteiger partial charge in [-0.05, 0) is 49.7 Å². The van der Waals surface area contributed by atoms with E-state index >= 15 is 0 Å². The molecule has 0 radical (unpaired) electrons. The molecular weight excluding hydrogens is 465 g/mol. The number of fused-ring (bicyclic) bond motifs is 1. The molecule has 1 amide bonds. The van der Waals surface area contributed by atoms with Crippen LogP contribution in [0.1, 0.15) is 26.1 Å². The van der Waals surface area contributed by atoms with Crippen LogP contribution in [0.3, 0.4) is 0 Å². The number of anilines is 1. The van der Waals surface area contributed by atoms with E-state index in [1.54, 1.807) is 35.2 Å². The Hall–Kier alpha value is -2.43. The van der Waals surface area contributed by atoms with Gasteiger partial charge in [0.05, 0.1) is 21.2 Å². The summed E-state index contributed by atoms with van der Waals surface area (Å²) in [5.41, 5.74) is 1.58. The first-order valence-electron chi connectivity index (χ1n) is 10.2. The normalized spacial score (nSPS) is 12.2. The molecule has 0 spiro atoms. The molecule has 0 aliphatic heterocycles. The number of nitrogens with zero attached hydrogens (tertiary/aromatic N) is 4. The van der Waals surface area contributed by atoms with Crippen molar-refractivity contribution in [3.63, 3.8) is 0 Å². The van der Waals surface area contributed by atoms with Crippen LogP contribution in [0.5, 0.6) is 0 Å². The minimum Gasteiger partial charge on any atom is -0.325 e. The molecule has 32 heavy (non-hydrogen) atoms. The lowest BCUT2D eigenvalue weighted by Crippen LogP contribution is -2.25. The standard InChI is InChI=1S/C22H22FN5OS3/c1-3-17(20(29)24-15-11-9-14(23)10-12-15)31-21-27-26-19(28(21)4-2)13-30-22-25-16-7-5-6-8-18(16)32-22/h5-12,17H,3-4,13H2,1-2H3,(H,24,29). The maximum absolute atomic E-state index is 13.1. The largest absolute Gasteiger partial charge is 0.325 e. The Morgan fingerprint density at radius 3 is 2.66 bits per heavy atom. The van der Waals surface area contributed by atoms with Gasteiger partial charge < -0.3 is 9.88 Å². The average Bonchev–Trinajstić information content (AvgIpc) is 3.40. The second kappa shape index (κ2) is 10.5. The van der Waals surface area contributed by atoms with Crippen molar-refractivity contribution in [1.29, 1.82) is 0 Å². The maximum atomic E-state index is 13.1. The molecule has 1 atom stereocenters. The summed E-state index contributed by atoms with van der Waals surface area (Å²) in [7, 11) is 0. The lowest BCUT2D eigenvalue weighted by Gasteiger charge is -2.15. The molecule has 2 aromatic carbocycles. The first kappa shape index (κ1) is 22.8. The first-order chi connectivity index (χ1) is 15.6. The first-order valence-corrected chi connectivity index (χ1v) is 12.9. The molecule has 0 fully saturated rings. The Morgan fingerprint density at radius 1 is 1.16 bits per heavy atom. The lowest BCUT2D eigenvalue weighted by atomic mass is 10.2. The van der Waals surface area contributed by atoms with Crippen molar-refractivity contribution in [3.05, 3.63) is 60.2 Å². The number of amides is 1. The average molecular weight is 488 g/mol. The van der Waals surface area contributed by atoms with Crippen molar-refractivity contribution >= 4 is 56.7 Å². The lowest BCUT2D eigenvalue weighted by molar-refractivity contribution is -0.115. The number of thioether (sulfide) groups is 2. The zero-order valence-corrected chi connectivity index (χ0v) is 20.1. The summed E-state index contributed by atoms with van der Waals surface area (Å²) in [5, 5.41) is 11.9. The molecule has 0 saturated carbocycles. The highest BCUT2D eigenvalue weighted by atomic mass is 32.2. The molecular formula is C22H22FN5OS3. The third-order valence-corrected chi connectivity index (χ3v) is 8.25. The Balaban J connectivity index is 1.42. The molecule has 0 bridgehead atoms. The van der Waals surface area contributed by atoms with Gasteiger partial charge in [0.2, 0.25) is 5.91 Å². The van der Waals surface area contributed by atoms with E-state index in [1.807, 2.05) is 36.6 Å². The van der Waals surface area contributed by atoms with Crippen molar-refractivity contribution in [2.45, 2.75) is 47.3 Å². The number of para-hydroxylation sites is 1. The maximum Gasteiger partial charge on any atom is 0.237 e. The van der Waals surface area contributed by atoms with Crippen molar-refractivity contribution in [2.24, 2.45) is 0 Å². The summed E-state index contributed by atoms with van der Waals surface area (Å²) in [5.74, 6) is 1.03. The van der Waals surface area contributed by atoms with Crippen LogP contribution in [-0.2, 0) is 17.1 Å². The van der Waals surface area contributed by atoms with Crippen LogP contribution >= 0.6 is 34.9 Å². The number of carbonyl (C=O) groups is 1. The van der Waals surface area contributed by atoms with Crippen LogP contribution in [0.2, 0.25) is 0 Å². The topological polar surface area (TPSA) is 72.7 Å². The van der Waals surface area contributed by atoms with Crippen molar-refractivity contribution in [1.82, 2.24) is 19.7 Å². The van der Waals surface area contributed by atoms with E-state index in [2.05, 4.69) is 26.6 Å². The zero-order valence-electron chi connectivity index (χ0n) is 17.6. The van der Waals surface area contributed by atoms with E-state index < -0.39 is 0 Å². The van der Waals surface area contributed by atoms with Crippen molar-refractivity contribution in [2.75, 3.05) is 5.32 Å². The number of nitrogens with one attached hydrogen (secondary N) is 1. The van der Waals surface area contributed by atoms with Gasteiger partial charge in [0, 0.05) is 12.2 Å². The number of hydrogen-bond donors (Lipinski definition) is 1. The summed E-state index contributed by atoms with van der Waals surface area (Å²) in [4.78, 5) is 17.4. The van der Waals surface area contributed by atoms with Gasteiger partial charge in [0.25, 0.3) is 0 Å². The van der Waals surface area contributed by atoms with Gasteiger partial charge in [0.15, 0.2) is 9.50 Å². The number of rotatable bonds is 9. The molecule has 0 aliphatic rings. The fraction of sp³-hybridized carbons (Fsp3) is 0.273. The monoisotopic (exact) mass is 487 g/mol. The summed E-state index contributed by atoms with van der Waals surface area (Å²) >= 11 is 4.71. The number of thiazole rings is 1. The van der Waals surface area contributed by atoms with Crippen LogP contribution in [0.25, 0.3) is 10.2 Å². The Bertz CT molecular complexity index is 1170. The second-order valence-corrected chi connectivity index (χ2v) is 10.3. The SMILES string of the molecule is CCC(Sc1nnc(CSc2nc3ccccc3s2)n1CC)C(=O)Nc1ccc(F)cc1.